The minimum atomic E-state index is 0. The zero-order valence-electron chi connectivity index (χ0n) is 12.5. The SMILES string of the molecule is CNCC(C)C(=O)NCCCCSc1ccccc1Br.Cl. The van der Waals surface area contributed by atoms with Gasteiger partial charge in [-0.1, -0.05) is 19.1 Å². The molecule has 1 unspecified atom stereocenters. The number of thioether (sulfide) groups is 1. The van der Waals surface area contributed by atoms with Crippen LogP contribution in [0.5, 0.6) is 0 Å². The maximum Gasteiger partial charge on any atom is 0.224 e. The van der Waals surface area contributed by atoms with Crippen LogP contribution in [0.3, 0.4) is 0 Å². The average molecular weight is 396 g/mol. The first kappa shape index (κ1) is 20.8. The van der Waals surface area contributed by atoms with E-state index in [0.717, 1.165) is 36.2 Å². The highest BCUT2D eigenvalue weighted by Gasteiger charge is 2.10. The van der Waals surface area contributed by atoms with Crippen molar-refractivity contribution in [3.8, 4) is 0 Å². The molecule has 0 bridgehead atoms. The molecule has 0 radical (unpaired) electrons. The minimum absolute atomic E-state index is 0. The van der Waals surface area contributed by atoms with Gasteiger partial charge in [-0.05, 0) is 53.7 Å². The quantitative estimate of drug-likeness (QED) is 0.494. The third-order valence-corrected chi connectivity index (χ3v) is 5.04. The largest absolute Gasteiger partial charge is 0.356 e. The molecular formula is C15H24BrClN2OS. The molecule has 2 N–H and O–H groups in total. The highest BCUT2D eigenvalue weighted by atomic mass is 79.9. The lowest BCUT2D eigenvalue weighted by molar-refractivity contribution is -0.124. The van der Waals surface area contributed by atoms with Crippen molar-refractivity contribution in [1.82, 2.24) is 10.6 Å². The Morgan fingerprint density at radius 1 is 1.33 bits per heavy atom. The molecule has 21 heavy (non-hydrogen) atoms. The molecule has 0 saturated heterocycles. The Labute approximate surface area is 146 Å². The molecule has 0 aliphatic carbocycles. The third kappa shape index (κ3) is 8.71. The maximum absolute atomic E-state index is 11.7. The zero-order valence-corrected chi connectivity index (χ0v) is 15.7. The van der Waals surface area contributed by atoms with Crippen molar-refractivity contribution in [2.75, 3.05) is 25.9 Å². The Kier molecular flexibility index (Phi) is 12.2. The Bertz CT molecular complexity index is 420. The first-order valence-electron chi connectivity index (χ1n) is 6.94. The van der Waals surface area contributed by atoms with Gasteiger partial charge in [0.15, 0.2) is 0 Å². The summed E-state index contributed by atoms with van der Waals surface area (Å²) in [4.78, 5) is 12.9. The van der Waals surface area contributed by atoms with Crippen LogP contribution in [-0.2, 0) is 4.79 Å². The van der Waals surface area contributed by atoms with Crippen LogP contribution in [0.1, 0.15) is 19.8 Å². The highest BCUT2D eigenvalue weighted by molar-refractivity contribution is 9.10. The molecular weight excluding hydrogens is 372 g/mol. The average Bonchev–Trinajstić information content (AvgIpc) is 2.44. The number of halogens is 2. The van der Waals surface area contributed by atoms with Crippen molar-refractivity contribution in [2.45, 2.75) is 24.7 Å². The van der Waals surface area contributed by atoms with E-state index in [1.807, 2.05) is 31.8 Å². The number of carbonyl (C=O) groups excluding carboxylic acids is 1. The summed E-state index contributed by atoms with van der Waals surface area (Å²) in [6.45, 7) is 3.43. The van der Waals surface area contributed by atoms with Gasteiger partial charge in [0.2, 0.25) is 5.91 Å². The highest BCUT2D eigenvalue weighted by Crippen LogP contribution is 2.27. The van der Waals surface area contributed by atoms with Crippen molar-refractivity contribution in [1.29, 1.82) is 0 Å². The number of benzene rings is 1. The molecule has 0 fully saturated rings. The van der Waals surface area contributed by atoms with Crippen molar-refractivity contribution in [2.24, 2.45) is 5.92 Å². The van der Waals surface area contributed by atoms with E-state index < -0.39 is 0 Å². The summed E-state index contributed by atoms with van der Waals surface area (Å²) in [5.41, 5.74) is 0. The third-order valence-electron chi connectivity index (χ3n) is 2.92. The fourth-order valence-corrected chi connectivity index (χ4v) is 3.33. The number of nitrogens with one attached hydrogen (secondary N) is 2. The van der Waals surface area contributed by atoms with Crippen LogP contribution in [0.15, 0.2) is 33.6 Å². The van der Waals surface area contributed by atoms with Crippen molar-refractivity contribution in [3.05, 3.63) is 28.7 Å². The van der Waals surface area contributed by atoms with Crippen molar-refractivity contribution >= 4 is 46.0 Å². The van der Waals surface area contributed by atoms with Gasteiger partial charge in [-0.15, -0.1) is 24.2 Å². The lowest BCUT2D eigenvalue weighted by Gasteiger charge is -2.11. The molecule has 0 heterocycles. The first-order valence-corrected chi connectivity index (χ1v) is 8.72. The van der Waals surface area contributed by atoms with E-state index in [2.05, 4.69) is 44.8 Å². The van der Waals surface area contributed by atoms with Gasteiger partial charge in [-0.2, -0.15) is 0 Å². The zero-order chi connectivity index (χ0) is 14.8. The number of hydrogen-bond acceptors (Lipinski definition) is 3. The van der Waals surface area contributed by atoms with Crippen LogP contribution in [-0.4, -0.2) is 31.8 Å². The van der Waals surface area contributed by atoms with Gasteiger partial charge in [0.25, 0.3) is 0 Å². The lowest BCUT2D eigenvalue weighted by atomic mass is 10.1. The van der Waals surface area contributed by atoms with Gasteiger partial charge in [0.05, 0.1) is 0 Å². The fraction of sp³-hybridized carbons (Fsp3) is 0.533. The van der Waals surface area contributed by atoms with Gasteiger partial charge >= 0.3 is 0 Å². The van der Waals surface area contributed by atoms with Crippen molar-refractivity contribution in [3.63, 3.8) is 0 Å². The predicted molar refractivity (Wildman–Crippen MR) is 97.4 cm³/mol. The van der Waals surface area contributed by atoms with E-state index in [1.54, 1.807) is 0 Å². The Morgan fingerprint density at radius 2 is 2.05 bits per heavy atom. The van der Waals surface area contributed by atoms with E-state index in [9.17, 15) is 4.79 Å². The molecule has 3 nitrogen and oxygen atoms in total. The normalized spacial score (nSPS) is 11.6. The summed E-state index contributed by atoms with van der Waals surface area (Å²) in [5.74, 6) is 1.25. The van der Waals surface area contributed by atoms with Gasteiger partial charge < -0.3 is 10.6 Å². The number of carbonyl (C=O) groups is 1. The number of unbranched alkanes of at least 4 members (excludes halogenated alkanes) is 1. The molecule has 1 aromatic carbocycles. The van der Waals surface area contributed by atoms with Crippen LogP contribution >= 0.6 is 40.1 Å². The molecule has 6 heteroatoms. The van der Waals surface area contributed by atoms with Gasteiger partial charge in [-0.3, -0.25) is 4.79 Å². The second-order valence-electron chi connectivity index (χ2n) is 4.74. The van der Waals surface area contributed by atoms with Crippen molar-refractivity contribution < 1.29 is 4.79 Å². The summed E-state index contributed by atoms with van der Waals surface area (Å²) in [6, 6.07) is 8.26. The second kappa shape index (κ2) is 12.3. The molecule has 0 aliphatic rings. The molecule has 1 rings (SSSR count). The van der Waals surface area contributed by atoms with Crippen LogP contribution in [0.4, 0.5) is 0 Å². The van der Waals surface area contributed by atoms with Crippen LogP contribution in [0.25, 0.3) is 0 Å². The van der Waals surface area contributed by atoms with E-state index in [4.69, 9.17) is 0 Å². The summed E-state index contributed by atoms with van der Waals surface area (Å²) >= 11 is 5.40. The fourth-order valence-electron chi connectivity index (χ4n) is 1.76. The van der Waals surface area contributed by atoms with Crippen LogP contribution < -0.4 is 10.6 Å². The maximum atomic E-state index is 11.7. The number of rotatable bonds is 9. The summed E-state index contributed by atoms with van der Waals surface area (Å²) < 4.78 is 1.15. The Morgan fingerprint density at radius 3 is 2.71 bits per heavy atom. The van der Waals surface area contributed by atoms with E-state index in [1.165, 1.54) is 4.90 Å². The van der Waals surface area contributed by atoms with E-state index >= 15 is 0 Å². The monoisotopic (exact) mass is 394 g/mol. The smallest absolute Gasteiger partial charge is 0.224 e. The Balaban J connectivity index is 0.00000400. The molecule has 0 spiro atoms. The standard InChI is InChI=1S/C15H23BrN2OS.ClH/c1-12(11-17-2)15(19)18-9-5-6-10-20-14-8-4-3-7-13(14)16;/h3-4,7-8,12,17H,5-6,9-11H2,1-2H3,(H,18,19);1H. The number of hydrogen-bond donors (Lipinski definition) is 2. The summed E-state index contributed by atoms with van der Waals surface area (Å²) in [6.07, 6.45) is 2.13. The summed E-state index contributed by atoms with van der Waals surface area (Å²) in [5, 5.41) is 5.99. The predicted octanol–water partition coefficient (Wildman–Crippen LogP) is 3.71. The molecule has 0 aliphatic heterocycles. The molecule has 0 saturated carbocycles. The molecule has 1 amide bonds. The Hall–Kier alpha value is -0.230. The van der Waals surface area contributed by atoms with Crippen LogP contribution in [0, 0.1) is 5.92 Å². The van der Waals surface area contributed by atoms with Gasteiger partial charge in [-0.25, -0.2) is 0 Å². The molecule has 120 valence electrons. The molecule has 1 atom stereocenters. The molecule has 0 aromatic heterocycles. The topological polar surface area (TPSA) is 41.1 Å². The van der Waals surface area contributed by atoms with E-state index in [0.29, 0.717) is 0 Å². The minimum Gasteiger partial charge on any atom is -0.356 e. The number of amides is 1. The molecule has 1 aromatic rings. The van der Waals surface area contributed by atoms with E-state index in [-0.39, 0.29) is 24.2 Å². The van der Waals surface area contributed by atoms with Crippen LogP contribution in [0.2, 0.25) is 0 Å². The van der Waals surface area contributed by atoms with Gasteiger partial charge in [0.1, 0.15) is 0 Å². The summed E-state index contributed by atoms with van der Waals surface area (Å²) in [7, 11) is 1.86. The van der Waals surface area contributed by atoms with Gasteiger partial charge in [0, 0.05) is 28.4 Å². The lowest BCUT2D eigenvalue weighted by Crippen LogP contribution is -2.34. The second-order valence-corrected chi connectivity index (χ2v) is 6.73. The first-order chi connectivity index (χ1) is 9.65.